The highest BCUT2D eigenvalue weighted by Gasteiger charge is 2.43. The van der Waals surface area contributed by atoms with Crippen LogP contribution in [0, 0.1) is 17.7 Å². The molecule has 4 heteroatoms. The van der Waals surface area contributed by atoms with Crippen molar-refractivity contribution in [2.24, 2.45) is 22.6 Å². The van der Waals surface area contributed by atoms with Gasteiger partial charge in [0, 0.05) is 5.69 Å². The van der Waals surface area contributed by atoms with Gasteiger partial charge in [0.1, 0.15) is 5.82 Å². The first-order valence-electron chi connectivity index (χ1n) is 7.70. The van der Waals surface area contributed by atoms with Crippen molar-refractivity contribution in [3.05, 3.63) is 30.1 Å². The predicted molar refractivity (Wildman–Crippen MR) is 87.0 cm³/mol. The number of aliphatic imine (C=N–C) groups is 1. The fourth-order valence-corrected chi connectivity index (χ4v) is 3.55. The molecule has 0 atom stereocenters. The van der Waals surface area contributed by atoms with Crippen molar-refractivity contribution in [2.75, 3.05) is 11.4 Å². The average Bonchev–Trinajstić information content (AvgIpc) is 2.64. The lowest BCUT2D eigenvalue weighted by molar-refractivity contribution is 0.304. The lowest BCUT2D eigenvalue weighted by atomic mass is 9.81. The normalized spacial score (nSPS) is 17.7. The molecule has 21 heavy (non-hydrogen) atoms. The molecule has 1 heterocycles. The molecule has 0 fully saturated rings. The Balaban J connectivity index is 2.43. The third kappa shape index (κ3) is 3.36. The summed E-state index contributed by atoms with van der Waals surface area (Å²) in [7, 11) is 0. The van der Waals surface area contributed by atoms with E-state index in [1.165, 1.54) is 6.07 Å². The van der Waals surface area contributed by atoms with Crippen LogP contribution in [0.1, 0.15) is 40.5 Å². The molecular weight excluding hydrogens is 265 g/mol. The maximum Gasteiger partial charge on any atom is 0.196 e. The fraction of sp³-hybridized carbons (Fsp3) is 0.588. The third-order valence-electron chi connectivity index (χ3n) is 3.88. The van der Waals surface area contributed by atoms with Gasteiger partial charge < -0.3 is 10.6 Å². The number of hydrogen-bond donors (Lipinski definition) is 1. The third-order valence-corrected chi connectivity index (χ3v) is 3.88. The van der Waals surface area contributed by atoms with E-state index in [0.29, 0.717) is 24.3 Å². The highest BCUT2D eigenvalue weighted by molar-refractivity contribution is 5.98. The van der Waals surface area contributed by atoms with Crippen molar-refractivity contribution in [3.63, 3.8) is 0 Å². The summed E-state index contributed by atoms with van der Waals surface area (Å²) in [5, 5.41) is 0. The Morgan fingerprint density at radius 3 is 2.38 bits per heavy atom. The zero-order valence-corrected chi connectivity index (χ0v) is 13.4. The van der Waals surface area contributed by atoms with Gasteiger partial charge in [0.25, 0.3) is 0 Å². The van der Waals surface area contributed by atoms with Gasteiger partial charge in [-0.15, -0.1) is 0 Å². The standard InChI is InChI=1S/C17H26FN3/c1-12(2)9-17(10-13(3)4)11-20-16(19)21(17)15-7-5-6-14(18)8-15/h5-8,12-13H,9-11H2,1-4H3,(H2,19,20). The second-order valence-electron chi connectivity index (χ2n) is 6.91. The number of hydrogen-bond acceptors (Lipinski definition) is 3. The van der Waals surface area contributed by atoms with Crippen LogP contribution < -0.4 is 10.6 Å². The predicted octanol–water partition coefficient (Wildman–Crippen LogP) is 3.79. The van der Waals surface area contributed by atoms with Crippen LogP contribution in [-0.2, 0) is 0 Å². The van der Waals surface area contributed by atoms with E-state index < -0.39 is 0 Å². The van der Waals surface area contributed by atoms with E-state index in [1.807, 2.05) is 6.07 Å². The summed E-state index contributed by atoms with van der Waals surface area (Å²) in [6, 6.07) is 6.64. The Morgan fingerprint density at radius 2 is 1.86 bits per heavy atom. The van der Waals surface area contributed by atoms with E-state index in [9.17, 15) is 4.39 Å². The molecular formula is C17H26FN3. The molecule has 0 saturated carbocycles. The van der Waals surface area contributed by atoms with Crippen LogP contribution in [0.3, 0.4) is 0 Å². The van der Waals surface area contributed by atoms with Crippen LogP contribution in [0.25, 0.3) is 0 Å². The SMILES string of the molecule is CC(C)CC1(CC(C)C)CN=C(N)N1c1cccc(F)c1. The van der Waals surface area contributed by atoms with Gasteiger partial charge in [-0.05, 0) is 42.9 Å². The average molecular weight is 291 g/mol. The smallest absolute Gasteiger partial charge is 0.196 e. The van der Waals surface area contributed by atoms with Crippen molar-refractivity contribution in [1.82, 2.24) is 0 Å². The second kappa shape index (κ2) is 6.04. The van der Waals surface area contributed by atoms with Crippen molar-refractivity contribution in [3.8, 4) is 0 Å². The molecule has 0 unspecified atom stereocenters. The van der Waals surface area contributed by atoms with Crippen molar-refractivity contribution < 1.29 is 4.39 Å². The largest absolute Gasteiger partial charge is 0.369 e. The Kier molecular flexibility index (Phi) is 4.55. The van der Waals surface area contributed by atoms with E-state index >= 15 is 0 Å². The summed E-state index contributed by atoms with van der Waals surface area (Å²) < 4.78 is 13.6. The number of anilines is 1. The molecule has 0 bridgehead atoms. The van der Waals surface area contributed by atoms with Gasteiger partial charge in [0.05, 0.1) is 12.1 Å². The van der Waals surface area contributed by atoms with E-state index in [0.717, 1.165) is 18.5 Å². The molecule has 3 nitrogen and oxygen atoms in total. The van der Waals surface area contributed by atoms with Crippen LogP contribution in [0.5, 0.6) is 0 Å². The lowest BCUT2D eigenvalue weighted by Gasteiger charge is -2.41. The van der Waals surface area contributed by atoms with E-state index in [1.54, 1.807) is 12.1 Å². The summed E-state index contributed by atoms with van der Waals surface area (Å²) in [6.45, 7) is 9.52. The van der Waals surface area contributed by atoms with Crippen molar-refractivity contribution in [1.29, 1.82) is 0 Å². The lowest BCUT2D eigenvalue weighted by Crippen LogP contribution is -2.53. The van der Waals surface area contributed by atoms with Crippen molar-refractivity contribution >= 4 is 11.6 Å². The van der Waals surface area contributed by atoms with Crippen molar-refractivity contribution in [2.45, 2.75) is 46.1 Å². The first kappa shape index (κ1) is 15.8. The van der Waals surface area contributed by atoms with E-state index in [2.05, 4.69) is 37.6 Å². The molecule has 0 saturated heterocycles. The van der Waals surface area contributed by atoms with Crippen LogP contribution in [-0.4, -0.2) is 18.0 Å². The van der Waals surface area contributed by atoms with Crippen LogP contribution >= 0.6 is 0 Å². The zero-order chi connectivity index (χ0) is 15.6. The number of benzene rings is 1. The summed E-state index contributed by atoms with van der Waals surface area (Å²) in [5.74, 6) is 1.32. The second-order valence-corrected chi connectivity index (χ2v) is 6.91. The van der Waals surface area contributed by atoms with Crippen LogP contribution in [0.4, 0.5) is 10.1 Å². The van der Waals surface area contributed by atoms with Gasteiger partial charge in [-0.2, -0.15) is 0 Å². The van der Waals surface area contributed by atoms with Gasteiger partial charge in [-0.1, -0.05) is 33.8 Å². The number of rotatable bonds is 5. The minimum absolute atomic E-state index is 0.139. The highest BCUT2D eigenvalue weighted by atomic mass is 19.1. The Labute approximate surface area is 127 Å². The monoisotopic (exact) mass is 291 g/mol. The van der Waals surface area contributed by atoms with Gasteiger partial charge >= 0.3 is 0 Å². The first-order chi connectivity index (χ1) is 9.84. The number of halogens is 1. The topological polar surface area (TPSA) is 41.6 Å². The Hall–Kier alpha value is -1.58. The van der Waals surface area contributed by atoms with Crippen LogP contribution in [0.2, 0.25) is 0 Å². The molecule has 1 aliphatic rings. The summed E-state index contributed by atoms with van der Waals surface area (Å²) in [4.78, 5) is 6.53. The molecule has 0 aromatic heterocycles. The quantitative estimate of drug-likeness (QED) is 0.896. The maximum absolute atomic E-state index is 13.6. The minimum atomic E-state index is -0.241. The molecule has 0 spiro atoms. The maximum atomic E-state index is 13.6. The molecule has 2 rings (SSSR count). The van der Waals surface area contributed by atoms with Gasteiger partial charge in [-0.25, -0.2) is 4.39 Å². The summed E-state index contributed by atoms with van der Waals surface area (Å²) >= 11 is 0. The van der Waals surface area contributed by atoms with Gasteiger partial charge in [0.15, 0.2) is 5.96 Å². The molecule has 0 amide bonds. The number of guanidine groups is 1. The number of nitrogens with two attached hydrogens (primary N) is 1. The minimum Gasteiger partial charge on any atom is -0.369 e. The Morgan fingerprint density at radius 1 is 1.24 bits per heavy atom. The molecule has 1 aliphatic heterocycles. The number of nitrogens with zero attached hydrogens (tertiary/aromatic N) is 2. The molecule has 116 valence electrons. The fourth-order valence-electron chi connectivity index (χ4n) is 3.55. The summed E-state index contributed by atoms with van der Waals surface area (Å²) in [6.07, 6.45) is 1.98. The highest BCUT2D eigenvalue weighted by Crippen LogP contribution is 2.38. The van der Waals surface area contributed by atoms with Gasteiger partial charge in [-0.3, -0.25) is 4.99 Å². The molecule has 1 aromatic rings. The van der Waals surface area contributed by atoms with E-state index in [4.69, 9.17) is 5.73 Å². The van der Waals surface area contributed by atoms with Crippen LogP contribution in [0.15, 0.2) is 29.3 Å². The molecule has 0 aliphatic carbocycles. The zero-order valence-electron chi connectivity index (χ0n) is 13.4. The van der Waals surface area contributed by atoms with E-state index in [-0.39, 0.29) is 11.4 Å². The summed E-state index contributed by atoms with van der Waals surface area (Å²) in [5.41, 5.74) is 6.80. The molecule has 2 N–H and O–H groups in total. The molecule has 1 aromatic carbocycles. The Bertz CT molecular complexity index is 513. The van der Waals surface area contributed by atoms with Gasteiger partial charge in [0.2, 0.25) is 0 Å². The molecule has 0 radical (unpaired) electrons. The first-order valence-corrected chi connectivity index (χ1v) is 7.70.